The topological polar surface area (TPSA) is 64.3 Å². The van der Waals surface area contributed by atoms with Crippen molar-refractivity contribution in [1.29, 1.82) is 0 Å². The highest BCUT2D eigenvalue weighted by Gasteiger charge is 2.16. The second kappa shape index (κ2) is 6.20. The molecule has 0 aliphatic rings. The third-order valence-electron chi connectivity index (χ3n) is 1.98. The molecule has 88 valence electrons. The third kappa shape index (κ3) is 3.45. The number of methoxy groups -OCH3 is 1. The highest BCUT2D eigenvalue weighted by molar-refractivity contribution is 9.10. The Morgan fingerprint density at radius 1 is 1.69 bits per heavy atom. The molecule has 1 aromatic rings. The first-order valence-electron chi connectivity index (χ1n) is 4.57. The molecule has 0 bridgehead atoms. The van der Waals surface area contributed by atoms with Crippen molar-refractivity contribution in [3.05, 3.63) is 27.7 Å². The van der Waals surface area contributed by atoms with Crippen molar-refractivity contribution < 1.29 is 9.53 Å². The number of benzene rings is 1. The summed E-state index contributed by atoms with van der Waals surface area (Å²) in [5.74, 6) is -0.284. The lowest BCUT2D eigenvalue weighted by Gasteiger charge is -2.14. The van der Waals surface area contributed by atoms with Crippen LogP contribution in [0.15, 0.2) is 22.7 Å². The van der Waals surface area contributed by atoms with Gasteiger partial charge in [0.1, 0.15) is 6.10 Å². The summed E-state index contributed by atoms with van der Waals surface area (Å²) in [7, 11) is 1.44. The average molecular weight is 308 g/mol. The molecule has 0 saturated heterocycles. The highest BCUT2D eigenvalue weighted by Crippen LogP contribution is 2.25. The summed E-state index contributed by atoms with van der Waals surface area (Å²) >= 11 is 9.08. The van der Waals surface area contributed by atoms with E-state index < -0.39 is 6.10 Å². The standard InChI is InChI=1S/C10H12BrClN2O2/c1-16-9(5-13)10(15)14-8-3-2-6(12)4-7(8)11/h2-4,9H,5,13H2,1H3,(H,14,15). The fraction of sp³-hybridized carbons (Fsp3) is 0.300. The van der Waals surface area contributed by atoms with Crippen molar-refractivity contribution in [2.75, 3.05) is 19.0 Å². The fourth-order valence-corrected chi connectivity index (χ4v) is 1.90. The van der Waals surface area contributed by atoms with Crippen LogP contribution >= 0.6 is 27.5 Å². The molecule has 0 aliphatic carbocycles. The molecule has 1 amide bonds. The number of nitrogens with one attached hydrogen (secondary N) is 1. The monoisotopic (exact) mass is 306 g/mol. The molecule has 0 fully saturated rings. The Morgan fingerprint density at radius 2 is 2.38 bits per heavy atom. The van der Waals surface area contributed by atoms with E-state index in [0.29, 0.717) is 15.2 Å². The summed E-state index contributed by atoms with van der Waals surface area (Å²) in [5.41, 5.74) is 6.01. The van der Waals surface area contributed by atoms with Crippen LogP contribution in [0.25, 0.3) is 0 Å². The molecule has 4 nitrogen and oxygen atoms in total. The number of rotatable bonds is 4. The zero-order valence-electron chi connectivity index (χ0n) is 8.67. The fourth-order valence-electron chi connectivity index (χ4n) is 1.11. The van der Waals surface area contributed by atoms with E-state index in [4.69, 9.17) is 22.1 Å². The minimum Gasteiger partial charge on any atom is -0.370 e. The van der Waals surface area contributed by atoms with E-state index in [1.165, 1.54) is 7.11 Å². The van der Waals surface area contributed by atoms with Crippen LogP contribution in [0.4, 0.5) is 5.69 Å². The summed E-state index contributed by atoms with van der Waals surface area (Å²) < 4.78 is 5.63. The van der Waals surface area contributed by atoms with Gasteiger partial charge in [0.25, 0.3) is 5.91 Å². The molecule has 1 aromatic carbocycles. The number of hydrogen-bond donors (Lipinski definition) is 2. The summed E-state index contributed by atoms with van der Waals surface area (Å²) in [6, 6.07) is 5.08. The van der Waals surface area contributed by atoms with E-state index in [1.54, 1.807) is 18.2 Å². The number of carbonyl (C=O) groups excluding carboxylic acids is 1. The number of carbonyl (C=O) groups is 1. The Morgan fingerprint density at radius 3 is 2.88 bits per heavy atom. The van der Waals surface area contributed by atoms with Gasteiger partial charge in [-0.15, -0.1) is 0 Å². The van der Waals surface area contributed by atoms with Gasteiger partial charge < -0.3 is 15.8 Å². The predicted octanol–water partition coefficient (Wildman–Crippen LogP) is 2.01. The Kier molecular flexibility index (Phi) is 5.21. The molecular formula is C10H12BrClN2O2. The van der Waals surface area contributed by atoms with Gasteiger partial charge in [0.2, 0.25) is 0 Å². The Labute approximate surface area is 107 Å². The normalized spacial score (nSPS) is 12.2. The van der Waals surface area contributed by atoms with Gasteiger partial charge in [0.15, 0.2) is 0 Å². The van der Waals surface area contributed by atoms with Crippen molar-refractivity contribution in [3.8, 4) is 0 Å². The first-order valence-corrected chi connectivity index (χ1v) is 5.74. The molecule has 0 saturated carbocycles. The van der Waals surface area contributed by atoms with Gasteiger partial charge in [0.05, 0.1) is 5.69 Å². The van der Waals surface area contributed by atoms with Crippen molar-refractivity contribution in [1.82, 2.24) is 0 Å². The van der Waals surface area contributed by atoms with Crippen molar-refractivity contribution >= 4 is 39.1 Å². The molecule has 16 heavy (non-hydrogen) atoms. The van der Waals surface area contributed by atoms with Gasteiger partial charge >= 0.3 is 0 Å². The largest absolute Gasteiger partial charge is 0.370 e. The van der Waals surface area contributed by atoms with Crippen molar-refractivity contribution in [2.24, 2.45) is 5.73 Å². The minimum absolute atomic E-state index is 0.132. The summed E-state index contributed by atoms with van der Waals surface area (Å²) in [5, 5.41) is 3.28. The highest BCUT2D eigenvalue weighted by atomic mass is 79.9. The van der Waals surface area contributed by atoms with E-state index in [1.807, 2.05) is 0 Å². The quantitative estimate of drug-likeness (QED) is 0.894. The van der Waals surface area contributed by atoms with Crippen LogP contribution in [0.5, 0.6) is 0 Å². The Bertz CT molecular complexity index is 383. The lowest BCUT2D eigenvalue weighted by molar-refractivity contribution is -0.125. The lowest BCUT2D eigenvalue weighted by atomic mass is 10.3. The number of amides is 1. The van der Waals surface area contributed by atoms with Crippen LogP contribution in [-0.4, -0.2) is 25.7 Å². The maximum absolute atomic E-state index is 11.6. The first kappa shape index (κ1) is 13.4. The summed E-state index contributed by atoms with van der Waals surface area (Å²) in [4.78, 5) is 11.6. The van der Waals surface area contributed by atoms with Gasteiger partial charge in [-0.2, -0.15) is 0 Å². The van der Waals surface area contributed by atoms with Crippen molar-refractivity contribution in [2.45, 2.75) is 6.10 Å². The lowest BCUT2D eigenvalue weighted by Crippen LogP contribution is -2.35. The van der Waals surface area contributed by atoms with Crippen LogP contribution in [0.2, 0.25) is 5.02 Å². The third-order valence-corrected chi connectivity index (χ3v) is 2.87. The van der Waals surface area contributed by atoms with Crippen LogP contribution in [0, 0.1) is 0 Å². The summed E-state index contributed by atoms with van der Waals surface area (Å²) in [6.07, 6.45) is -0.650. The molecule has 1 unspecified atom stereocenters. The zero-order valence-corrected chi connectivity index (χ0v) is 11.0. The molecule has 3 N–H and O–H groups in total. The van der Waals surface area contributed by atoms with Crippen LogP contribution in [0.1, 0.15) is 0 Å². The molecule has 0 aromatic heterocycles. The molecular weight excluding hydrogens is 295 g/mol. The van der Waals surface area contributed by atoms with Crippen LogP contribution in [0.3, 0.4) is 0 Å². The van der Waals surface area contributed by atoms with Gasteiger partial charge in [-0.25, -0.2) is 0 Å². The first-order chi connectivity index (χ1) is 7.58. The average Bonchev–Trinajstić information content (AvgIpc) is 2.24. The summed E-state index contributed by atoms with van der Waals surface area (Å²) in [6.45, 7) is 0.132. The molecule has 0 radical (unpaired) electrons. The van der Waals surface area contributed by atoms with E-state index in [9.17, 15) is 4.79 Å². The number of halogens is 2. The molecule has 1 atom stereocenters. The second-order valence-electron chi connectivity index (χ2n) is 3.07. The molecule has 6 heteroatoms. The Hall–Kier alpha value is -0.620. The van der Waals surface area contributed by atoms with Crippen LogP contribution < -0.4 is 11.1 Å². The van der Waals surface area contributed by atoms with Gasteiger partial charge in [-0.3, -0.25) is 4.79 Å². The maximum Gasteiger partial charge on any atom is 0.254 e. The number of ether oxygens (including phenoxy) is 1. The van der Waals surface area contributed by atoms with E-state index in [0.717, 1.165) is 0 Å². The maximum atomic E-state index is 11.6. The van der Waals surface area contributed by atoms with Gasteiger partial charge in [-0.05, 0) is 34.1 Å². The number of nitrogens with two attached hydrogens (primary N) is 1. The number of anilines is 1. The van der Waals surface area contributed by atoms with E-state index >= 15 is 0 Å². The molecule has 0 heterocycles. The molecule has 0 spiro atoms. The smallest absolute Gasteiger partial charge is 0.254 e. The minimum atomic E-state index is -0.650. The Balaban J connectivity index is 2.76. The second-order valence-corrected chi connectivity index (χ2v) is 4.36. The van der Waals surface area contributed by atoms with Crippen molar-refractivity contribution in [3.63, 3.8) is 0 Å². The van der Waals surface area contributed by atoms with Gasteiger partial charge in [0, 0.05) is 23.1 Å². The molecule has 1 rings (SSSR count). The zero-order chi connectivity index (χ0) is 12.1. The van der Waals surface area contributed by atoms with Gasteiger partial charge in [-0.1, -0.05) is 11.6 Å². The van der Waals surface area contributed by atoms with E-state index in [-0.39, 0.29) is 12.5 Å². The molecule has 0 aliphatic heterocycles. The van der Waals surface area contributed by atoms with E-state index in [2.05, 4.69) is 21.2 Å². The van der Waals surface area contributed by atoms with Crippen LogP contribution in [-0.2, 0) is 9.53 Å². The number of hydrogen-bond acceptors (Lipinski definition) is 3. The predicted molar refractivity (Wildman–Crippen MR) is 67.6 cm³/mol. The SMILES string of the molecule is COC(CN)C(=O)Nc1ccc(Cl)cc1Br.